The van der Waals surface area contributed by atoms with E-state index in [-0.39, 0.29) is 5.41 Å². The molecule has 3 heteroatoms. The SMILES string of the molecule is CC1CNCC(C)N1CC1(C#N)CC1. The lowest BCUT2D eigenvalue weighted by Crippen LogP contribution is -2.56. The van der Waals surface area contributed by atoms with Gasteiger partial charge >= 0.3 is 0 Å². The molecule has 0 amide bonds. The van der Waals surface area contributed by atoms with Crippen LogP contribution >= 0.6 is 0 Å². The molecule has 1 heterocycles. The van der Waals surface area contributed by atoms with Crippen molar-refractivity contribution in [2.24, 2.45) is 5.41 Å². The van der Waals surface area contributed by atoms with Crippen molar-refractivity contribution in [3.63, 3.8) is 0 Å². The summed E-state index contributed by atoms with van der Waals surface area (Å²) in [5.74, 6) is 0. The van der Waals surface area contributed by atoms with Crippen molar-refractivity contribution in [1.82, 2.24) is 10.2 Å². The van der Waals surface area contributed by atoms with Crippen molar-refractivity contribution in [2.75, 3.05) is 19.6 Å². The van der Waals surface area contributed by atoms with Crippen LogP contribution in [-0.4, -0.2) is 36.6 Å². The van der Waals surface area contributed by atoms with E-state index < -0.39 is 0 Å². The molecule has 2 rings (SSSR count). The molecule has 2 atom stereocenters. The highest BCUT2D eigenvalue weighted by molar-refractivity contribution is 5.12. The summed E-state index contributed by atoms with van der Waals surface area (Å²) in [6.45, 7) is 7.59. The summed E-state index contributed by atoms with van der Waals surface area (Å²) in [6, 6.07) is 3.63. The van der Waals surface area contributed by atoms with Crippen LogP contribution in [0.1, 0.15) is 26.7 Å². The van der Waals surface area contributed by atoms with E-state index in [4.69, 9.17) is 5.26 Å². The first kappa shape index (κ1) is 9.95. The van der Waals surface area contributed by atoms with Gasteiger partial charge in [0.2, 0.25) is 0 Å². The molecule has 3 nitrogen and oxygen atoms in total. The van der Waals surface area contributed by atoms with Crippen molar-refractivity contribution in [2.45, 2.75) is 38.8 Å². The lowest BCUT2D eigenvalue weighted by atomic mass is 10.0. The Labute approximate surface area is 86.1 Å². The molecule has 78 valence electrons. The molecule has 14 heavy (non-hydrogen) atoms. The van der Waals surface area contributed by atoms with Crippen LogP contribution in [-0.2, 0) is 0 Å². The predicted octanol–water partition coefficient (Wildman–Crippen LogP) is 0.972. The van der Waals surface area contributed by atoms with Crippen LogP contribution in [0.25, 0.3) is 0 Å². The number of nitrogens with zero attached hydrogens (tertiary/aromatic N) is 2. The van der Waals surface area contributed by atoms with Crippen LogP contribution in [0.3, 0.4) is 0 Å². The Balaban J connectivity index is 1.98. The molecule has 1 aliphatic carbocycles. The molecular weight excluding hydrogens is 174 g/mol. The molecule has 0 spiro atoms. The summed E-state index contributed by atoms with van der Waals surface area (Å²) in [6.07, 6.45) is 2.21. The summed E-state index contributed by atoms with van der Waals surface area (Å²) in [4.78, 5) is 2.49. The van der Waals surface area contributed by atoms with Gasteiger partial charge in [-0.15, -0.1) is 0 Å². The zero-order valence-corrected chi connectivity index (χ0v) is 9.08. The summed E-state index contributed by atoms with van der Waals surface area (Å²) in [7, 11) is 0. The average molecular weight is 193 g/mol. The maximum Gasteiger partial charge on any atom is 0.0703 e. The number of nitrogens with one attached hydrogen (secondary N) is 1. The normalized spacial score (nSPS) is 36.4. The third-order valence-corrected chi connectivity index (χ3v) is 3.59. The first-order valence-electron chi connectivity index (χ1n) is 5.55. The van der Waals surface area contributed by atoms with Gasteiger partial charge in [-0.05, 0) is 26.7 Å². The number of rotatable bonds is 2. The fraction of sp³-hybridized carbons (Fsp3) is 0.909. The fourth-order valence-corrected chi connectivity index (χ4v) is 2.29. The van der Waals surface area contributed by atoms with Crippen molar-refractivity contribution in [1.29, 1.82) is 5.26 Å². The fourth-order valence-electron chi connectivity index (χ4n) is 2.29. The van der Waals surface area contributed by atoms with Gasteiger partial charge in [0, 0.05) is 31.7 Å². The minimum atomic E-state index is 0.0137. The first-order valence-corrected chi connectivity index (χ1v) is 5.55. The molecule has 1 saturated heterocycles. The van der Waals surface area contributed by atoms with Gasteiger partial charge in [-0.25, -0.2) is 0 Å². The standard InChI is InChI=1S/C11H19N3/c1-9-5-13-6-10(2)14(9)8-11(7-12)3-4-11/h9-10,13H,3-6,8H2,1-2H3. The topological polar surface area (TPSA) is 39.1 Å². The van der Waals surface area contributed by atoms with Crippen LogP contribution in [0.4, 0.5) is 0 Å². The second-order valence-corrected chi connectivity index (χ2v) is 4.92. The highest BCUT2D eigenvalue weighted by atomic mass is 15.2. The smallest absolute Gasteiger partial charge is 0.0703 e. The van der Waals surface area contributed by atoms with Crippen molar-refractivity contribution in [3.05, 3.63) is 0 Å². The third kappa shape index (κ3) is 1.77. The number of piperazine rings is 1. The van der Waals surface area contributed by atoms with E-state index in [0.717, 1.165) is 32.5 Å². The Morgan fingerprint density at radius 1 is 1.36 bits per heavy atom. The lowest BCUT2D eigenvalue weighted by molar-refractivity contribution is 0.101. The Hall–Kier alpha value is -0.590. The van der Waals surface area contributed by atoms with Crippen LogP contribution in [0.2, 0.25) is 0 Å². The molecule has 1 aliphatic heterocycles. The van der Waals surface area contributed by atoms with E-state index in [9.17, 15) is 0 Å². The molecule has 0 bridgehead atoms. The van der Waals surface area contributed by atoms with E-state index in [1.807, 2.05) is 0 Å². The molecule has 2 fully saturated rings. The van der Waals surface area contributed by atoms with E-state index in [1.54, 1.807) is 0 Å². The molecule has 0 aromatic heterocycles. The monoisotopic (exact) mass is 193 g/mol. The number of nitriles is 1. The Bertz CT molecular complexity index is 242. The molecular formula is C11H19N3. The van der Waals surface area contributed by atoms with Crippen molar-refractivity contribution in [3.8, 4) is 6.07 Å². The molecule has 2 unspecified atom stereocenters. The zero-order chi connectivity index (χ0) is 10.2. The number of hydrogen-bond donors (Lipinski definition) is 1. The third-order valence-electron chi connectivity index (χ3n) is 3.59. The van der Waals surface area contributed by atoms with Gasteiger partial charge in [0.25, 0.3) is 0 Å². The minimum Gasteiger partial charge on any atom is -0.314 e. The first-order chi connectivity index (χ1) is 6.67. The molecule has 0 aromatic carbocycles. The van der Waals surface area contributed by atoms with E-state index in [1.165, 1.54) is 0 Å². The largest absolute Gasteiger partial charge is 0.314 e. The summed E-state index contributed by atoms with van der Waals surface area (Å²) in [5.41, 5.74) is 0.0137. The summed E-state index contributed by atoms with van der Waals surface area (Å²) < 4.78 is 0. The molecule has 0 aromatic rings. The van der Waals surface area contributed by atoms with Gasteiger partial charge in [0.1, 0.15) is 0 Å². The minimum absolute atomic E-state index is 0.0137. The van der Waals surface area contributed by atoms with Gasteiger partial charge in [-0.1, -0.05) is 0 Å². The van der Waals surface area contributed by atoms with Crippen LogP contribution in [0, 0.1) is 16.7 Å². The lowest BCUT2D eigenvalue weighted by Gasteiger charge is -2.40. The van der Waals surface area contributed by atoms with E-state index in [0.29, 0.717) is 12.1 Å². The highest BCUT2D eigenvalue weighted by Gasteiger charge is 2.46. The van der Waals surface area contributed by atoms with E-state index in [2.05, 4.69) is 30.1 Å². The molecule has 1 N–H and O–H groups in total. The molecule has 1 saturated carbocycles. The van der Waals surface area contributed by atoms with Crippen LogP contribution in [0.5, 0.6) is 0 Å². The molecule has 2 aliphatic rings. The van der Waals surface area contributed by atoms with Gasteiger partial charge in [0.15, 0.2) is 0 Å². The Morgan fingerprint density at radius 2 is 1.93 bits per heavy atom. The summed E-state index contributed by atoms with van der Waals surface area (Å²) in [5, 5.41) is 12.5. The maximum absolute atomic E-state index is 9.07. The van der Waals surface area contributed by atoms with Crippen LogP contribution < -0.4 is 5.32 Å². The maximum atomic E-state index is 9.07. The van der Waals surface area contributed by atoms with Gasteiger partial charge in [-0.2, -0.15) is 5.26 Å². The second-order valence-electron chi connectivity index (χ2n) is 4.92. The van der Waals surface area contributed by atoms with Crippen molar-refractivity contribution >= 4 is 0 Å². The Kier molecular flexibility index (Phi) is 2.50. The summed E-state index contributed by atoms with van der Waals surface area (Å²) >= 11 is 0. The van der Waals surface area contributed by atoms with Crippen LogP contribution in [0.15, 0.2) is 0 Å². The molecule has 0 radical (unpaired) electrons. The zero-order valence-electron chi connectivity index (χ0n) is 9.08. The van der Waals surface area contributed by atoms with Gasteiger partial charge in [-0.3, -0.25) is 4.90 Å². The van der Waals surface area contributed by atoms with Gasteiger partial charge in [0.05, 0.1) is 11.5 Å². The Morgan fingerprint density at radius 3 is 2.36 bits per heavy atom. The van der Waals surface area contributed by atoms with Crippen molar-refractivity contribution < 1.29 is 0 Å². The van der Waals surface area contributed by atoms with E-state index >= 15 is 0 Å². The highest BCUT2D eigenvalue weighted by Crippen LogP contribution is 2.46. The quantitative estimate of drug-likeness (QED) is 0.710. The average Bonchev–Trinajstić information content (AvgIpc) is 2.93. The number of hydrogen-bond acceptors (Lipinski definition) is 3. The van der Waals surface area contributed by atoms with Gasteiger partial charge < -0.3 is 5.32 Å². The predicted molar refractivity (Wildman–Crippen MR) is 55.8 cm³/mol. The second kappa shape index (κ2) is 3.52.